The maximum Gasteiger partial charge on any atom is 0.191 e. The molecule has 0 unspecified atom stereocenters. The lowest BCUT2D eigenvalue weighted by atomic mass is 10.2. The molecule has 0 aliphatic heterocycles. The Morgan fingerprint density at radius 2 is 1.96 bits per heavy atom. The Bertz CT molecular complexity index is 696. The van der Waals surface area contributed by atoms with Crippen LogP contribution in [0, 0.1) is 6.92 Å². The van der Waals surface area contributed by atoms with E-state index in [1.807, 2.05) is 55.5 Å². The Kier molecular flexibility index (Phi) is 6.32. The highest BCUT2D eigenvalue weighted by Gasteiger charge is 2.00. The van der Waals surface area contributed by atoms with Gasteiger partial charge in [-0.25, -0.2) is 0 Å². The monoisotopic (exact) mass is 325 g/mol. The number of hydrogen-bond donors (Lipinski definition) is 2. The number of nitrogens with zero attached hydrogens (tertiary/aromatic N) is 1. The van der Waals surface area contributed by atoms with Crippen molar-refractivity contribution in [2.75, 3.05) is 11.9 Å². The zero-order valence-electron chi connectivity index (χ0n) is 13.0. The summed E-state index contributed by atoms with van der Waals surface area (Å²) in [4.78, 5) is 0. The van der Waals surface area contributed by atoms with Crippen molar-refractivity contribution in [1.82, 2.24) is 5.43 Å². The molecule has 0 amide bonds. The summed E-state index contributed by atoms with van der Waals surface area (Å²) in [5.74, 6) is 0.746. The predicted molar refractivity (Wildman–Crippen MR) is 100 cm³/mol. The Morgan fingerprint density at radius 1 is 1.22 bits per heavy atom. The van der Waals surface area contributed by atoms with Crippen molar-refractivity contribution < 1.29 is 4.74 Å². The fraction of sp³-hybridized carbons (Fsp3) is 0.111. The van der Waals surface area contributed by atoms with Crippen molar-refractivity contribution in [1.29, 1.82) is 0 Å². The number of rotatable bonds is 6. The van der Waals surface area contributed by atoms with Crippen molar-refractivity contribution in [3.05, 3.63) is 72.3 Å². The van der Waals surface area contributed by atoms with Crippen LogP contribution in [-0.4, -0.2) is 17.9 Å². The summed E-state index contributed by atoms with van der Waals surface area (Å²) in [6.45, 7) is 6.13. The molecule has 0 bridgehead atoms. The number of ether oxygens (including phenoxy) is 1. The molecule has 0 aliphatic rings. The second-order valence-electron chi connectivity index (χ2n) is 4.83. The summed E-state index contributed by atoms with van der Waals surface area (Å²) >= 11 is 5.21. The summed E-state index contributed by atoms with van der Waals surface area (Å²) in [6, 6.07) is 15.6. The smallest absolute Gasteiger partial charge is 0.191 e. The summed E-state index contributed by atoms with van der Waals surface area (Å²) < 4.78 is 5.57. The topological polar surface area (TPSA) is 45.6 Å². The number of benzene rings is 2. The summed E-state index contributed by atoms with van der Waals surface area (Å²) in [5.41, 5.74) is 5.77. The van der Waals surface area contributed by atoms with E-state index in [9.17, 15) is 0 Å². The van der Waals surface area contributed by atoms with Crippen LogP contribution in [0.2, 0.25) is 0 Å². The number of thiocarbonyl (C=S) groups is 1. The van der Waals surface area contributed by atoms with Crippen LogP contribution in [0.1, 0.15) is 11.1 Å². The molecule has 4 nitrogen and oxygen atoms in total. The molecule has 0 atom stereocenters. The number of anilines is 1. The summed E-state index contributed by atoms with van der Waals surface area (Å²) in [5, 5.41) is 7.63. The first-order chi connectivity index (χ1) is 11.2. The molecule has 0 aliphatic carbocycles. The van der Waals surface area contributed by atoms with Crippen molar-refractivity contribution in [3.8, 4) is 5.75 Å². The van der Waals surface area contributed by atoms with E-state index in [0.29, 0.717) is 11.7 Å². The minimum absolute atomic E-state index is 0.426. The molecule has 2 aromatic rings. The van der Waals surface area contributed by atoms with Gasteiger partial charge >= 0.3 is 0 Å². The molecular weight excluding hydrogens is 306 g/mol. The van der Waals surface area contributed by atoms with Gasteiger partial charge in [-0.3, -0.25) is 5.43 Å². The lowest BCUT2D eigenvalue weighted by Gasteiger charge is -2.08. The third kappa shape index (κ3) is 5.56. The third-order valence-corrected chi connectivity index (χ3v) is 3.15. The van der Waals surface area contributed by atoms with Gasteiger partial charge in [0.1, 0.15) is 12.4 Å². The normalized spacial score (nSPS) is 10.3. The van der Waals surface area contributed by atoms with E-state index in [0.717, 1.165) is 17.0 Å². The SMILES string of the molecule is C=CCOc1ccccc1/C=N/NC(=S)Nc1ccc(C)cc1. The molecule has 0 saturated heterocycles. The van der Waals surface area contributed by atoms with Crippen LogP contribution in [0.4, 0.5) is 5.69 Å². The molecular formula is C18H19N3OS. The molecule has 2 N–H and O–H groups in total. The molecule has 118 valence electrons. The summed E-state index contributed by atoms with van der Waals surface area (Å²) in [7, 11) is 0. The minimum atomic E-state index is 0.426. The van der Waals surface area contributed by atoms with Gasteiger partial charge in [-0.05, 0) is 43.4 Å². The maximum absolute atomic E-state index is 5.57. The molecule has 0 saturated carbocycles. The van der Waals surface area contributed by atoms with Crippen LogP contribution in [0.3, 0.4) is 0 Å². The van der Waals surface area contributed by atoms with Crippen LogP contribution >= 0.6 is 12.2 Å². The highest BCUT2D eigenvalue weighted by atomic mass is 32.1. The Balaban J connectivity index is 1.92. The molecule has 0 aromatic heterocycles. The average Bonchev–Trinajstić information content (AvgIpc) is 2.56. The molecule has 0 spiro atoms. The van der Waals surface area contributed by atoms with Crippen molar-refractivity contribution in [2.24, 2.45) is 5.10 Å². The van der Waals surface area contributed by atoms with E-state index < -0.39 is 0 Å². The Morgan fingerprint density at radius 3 is 2.70 bits per heavy atom. The van der Waals surface area contributed by atoms with E-state index in [4.69, 9.17) is 17.0 Å². The summed E-state index contributed by atoms with van der Waals surface area (Å²) in [6.07, 6.45) is 3.37. The number of nitrogens with one attached hydrogen (secondary N) is 2. The van der Waals surface area contributed by atoms with Gasteiger partial charge in [-0.1, -0.05) is 42.5 Å². The number of hydrazone groups is 1. The highest BCUT2D eigenvalue weighted by molar-refractivity contribution is 7.80. The molecule has 0 radical (unpaired) electrons. The lowest BCUT2D eigenvalue weighted by molar-refractivity contribution is 0.362. The molecule has 5 heteroatoms. The van der Waals surface area contributed by atoms with Gasteiger partial charge in [-0.15, -0.1) is 0 Å². The van der Waals surface area contributed by atoms with Gasteiger partial charge in [0.05, 0.1) is 6.21 Å². The second kappa shape index (κ2) is 8.70. The molecule has 23 heavy (non-hydrogen) atoms. The van der Waals surface area contributed by atoms with E-state index in [1.165, 1.54) is 5.56 Å². The average molecular weight is 325 g/mol. The first-order valence-electron chi connectivity index (χ1n) is 7.18. The molecule has 2 rings (SSSR count). The first-order valence-corrected chi connectivity index (χ1v) is 7.59. The number of para-hydroxylation sites is 1. The fourth-order valence-corrected chi connectivity index (χ4v) is 1.99. The van der Waals surface area contributed by atoms with E-state index in [1.54, 1.807) is 12.3 Å². The Labute approximate surface area is 141 Å². The quantitative estimate of drug-likeness (QED) is 0.366. The zero-order chi connectivity index (χ0) is 16.5. The van der Waals surface area contributed by atoms with Crippen LogP contribution in [0.5, 0.6) is 5.75 Å². The fourth-order valence-electron chi connectivity index (χ4n) is 1.82. The predicted octanol–water partition coefficient (Wildman–Crippen LogP) is 3.88. The van der Waals surface area contributed by atoms with Gasteiger partial charge in [0.2, 0.25) is 0 Å². The zero-order valence-corrected chi connectivity index (χ0v) is 13.8. The van der Waals surface area contributed by atoms with Gasteiger partial charge in [0, 0.05) is 11.3 Å². The van der Waals surface area contributed by atoms with E-state index in [2.05, 4.69) is 22.4 Å². The minimum Gasteiger partial charge on any atom is -0.489 e. The van der Waals surface area contributed by atoms with Gasteiger partial charge < -0.3 is 10.1 Å². The number of hydrogen-bond acceptors (Lipinski definition) is 3. The highest BCUT2D eigenvalue weighted by Crippen LogP contribution is 2.15. The van der Waals surface area contributed by atoms with Crippen LogP contribution in [0.25, 0.3) is 0 Å². The van der Waals surface area contributed by atoms with E-state index >= 15 is 0 Å². The van der Waals surface area contributed by atoms with Crippen molar-refractivity contribution in [2.45, 2.75) is 6.92 Å². The second-order valence-corrected chi connectivity index (χ2v) is 5.24. The van der Waals surface area contributed by atoms with Crippen LogP contribution < -0.4 is 15.5 Å². The maximum atomic E-state index is 5.57. The van der Waals surface area contributed by atoms with Crippen molar-refractivity contribution >= 4 is 29.2 Å². The van der Waals surface area contributed by atoms with Crippen LogP contribution in [-0.2, 0) is 0 Å². The number of aryl methyl sites for hydroxylation is 1. The third-order valence-electron chi connectivity index (χ3n) is 2.95. The standard InChI is InChI=1S/C18H19N3OS/c1-3-12-22-17-7-5-4-6-15(17)13-19-21-18(23)20-16-10-8-14(2)9-11-16/h3-11,13H,1,12H2,2H3,(H2,20,21,23)/b19-13+. The molecule has 0 heterocycles. The first kappa shape index (κ1) is 16.7. The van der Waals surface area contributed by atoms with Gasteiger partial charge in [0.15, 0.2) is 5.11 Å². The van der Waals surface area contributed by atoms with Gasteiger partial charge in [0.25, 0.3) is 0 Å². The van der Waals surface area contributed by atoms with Gasteiger partial charge in [-0.2, -0.15) is 5.10 Å². The largest absolute Gasteiger partial charge is 0.489 e. The molecule has 0 fully saturated rings. The van der Waals surface area contributed by atoms with E-state index in [-0.39, 0.29) is 0 Å². The Hall–Kier alpha value is -2.66. The molecule has 2 aromatic carbocycles. The van der Waals surface area contributed by atoms with Crippen molar-refractivity contribution in [3.63, 3.8) is 0 Å². The van der Waals surface area contributed by atoms with Crippen LogP contribution in [0.15, 0.2) is 66.3 Å². The lowest BCUT2D eigenvalue weighted by Crippen LogP contribution is -2.23.